The highest BCUT2D eigenvalue weighted by atomic mass is 32.1. The minimum atomic E-state index is -0.398. The zero-order valence-electron chi connectivity index (χ0n) is 16.3. The van der Waals surface area contributed by atoms with Gasteiger partial charge in [-0.05, 0) is 46.2 Å². The first-order valence-corrected chi connectivity index (χ1v) is 10.9. The second-order valence-corrected chi connectivity index (χ2v) is 8.60. The molecular formula is C24H23NO3S. The zero-order chi connectivity index (χ0) is 19.8. The summed E-state index contributed by atoms with van der Waals surface area (Å²) in [6, 6.07) is 18.6. The Morgan fingerprint density at radius 2 is 1.79 bits per heavy atom. The summed E-state index contributed by atoms with van der Waals surface area (Å²) in [4.78, 5) is 13.9. The van der Waals surface area contributed by atoms with Crippen LogP contribution in [0.4, 0.5) is 4.79 Å². The van der Waals surface area contributed by atoms with Crippen molar-refractivity contribution in [3.05, 3.63) is 81.5 Å². The van der Waals surface area contributed by atoms with E-state index in [0.717, 1.165) is 6.42 Å². The Morgan fingerprint density at radius 3 is 2.52 bits per heavy atom. The lowest BCUT2D eigenvalue weighted by molar-refractivity contribution is 0.0196. The molecule has 1 aliphatic heterocycles. The quantitative estimate of drug-likeness (QED) is 0.642. The molecule has 3 aromatic rings. The van der Waals surface area contributed by atoms with Crippen LogP contribution in [0, 0.1) is 0 Å². The molecule has 4 nitrogen and oxygen atoms in total. The van der Waals surface area contributed by atoms with Crippen molar-refractivity contribution in [2.24, 2.45) is 0 Å². The van der Waals surface area contributed by atoms with Gasteiger partial charge in [-0.15, -0.1) is 11.3 Å². The van der Waals surface area contributed by atoms with Gasteiger partial charge in [-0.3, -0.25) is 0 Å². The van der Waals surface area contributed by atoms with Gasteiger partial charge < -0.3 is 14.8 Å². The van der Waals surface area contributed by atoms with Gasteiger partial charge >= 0.3 is 6.09 Å². The van der Waals surface area contributed by atoms with Crippen LogP contribution in [0.25, 0.3) is 11.1 Å². The van der Waals surface area contributed by atoms with E-state index in [1.807, 2.05) is 19.1 Å². The zero-order valence-corrected chi connectivity index (χ0v) is 17.1. The van der Waals surface area contributed by atoms with E-state index in [1.54, 1.807) is 11.3 Å². The van der Waals surface area contributed by atoms with Crippen molar-refractivity contribution >= 4 is 17.4 Å². The fraction of sp³-hybridized carbons (Fsp3) is 0.292. The molecular weight excluding hydrogens is 382 g/mol. The van der Waals surface area contributed by atoms with Crippen LogP contribution in [-0.4, -0.2) is 25.3 Å². The van der Waals surface area contributed by atoms with E-state index in [1.165, 1.54) is 32.7 Å². The highest BCUT2D eigenvalue weighted by molar-refractivity contribution is 7.10. The van der Waals surface area contributed by atoms with Crippen LogP contribution < -0.4 is 5.32 Å². The monoisotopic (exact) mass is 405 g/mol. The maximum absolute atomic E-state index is 12.5. The Kier molecular flexibility index (Phi) is 4.86. The summed E-state index contributed by atoms with van der Waals surface area (Å²) in [5.74, 6) is 0.0675. The number of carbonyl (C=O) groups excluding carboxylic acids is 1. The molecule has 5 rings (SSSR count). The number of rotatable bonds is 4. The fourth-order valence-corrected chi connectivity index (χ4v) is 5.39. The van der Waals surface area contributed by atoms with Gasteiger partial charge in [0.1, 0.15) is 12.7 Å². The summed E-state index contributed by atoms with van der Waals surface area (Å²) in [6.07, 6.45) is 0.428. The Bertz CT molecular complexity index is 998. The van der Waals surface area contributed by atoms with Gasteiger partial charge in [-0.1, -0.05) is 48.5 Å². The standard InChI is InChI=1S/C24H23NO3S/c1-15(23-20-11-13-29-22(20)10-12-27-23)25-24(26)28-14-21-18-8-4-2-6-16(18)17-7-3-5-9-19(17)21/h2-9,11,13,15,21,23H,10,12,14H2,1H3,(H,25,26)/t15-,23?/m0/s1. The molecule has 29 heavy (non-hydrogen) atoms. The predicted octanol–water partition coefficient (Wildman–Crippen LogP) is 5.29. The van der Waals surface area contributed by atoms with Crippen molar-refractivity contribution in [1.29, 1.82) is 0 Å². The molecule has 2 atom stereocenters. The number of amides is 1. The van der Waals surface area contributed by atoms with Crippen molar-refractivity contribution in [3.8, 4) is 11.1 Å². The summed E-state index contributed by atoms with van der Waals surface area (Å²) < 4.78 is 11.6. The fourth-order valence-electron chi connectivity index (χ4n) is 4.49. The van der Waals surface area contributed by atoms with Crippen molar-refractivity contribution in [2.75, 3.05) is 13.2 Å². The smallest absolute Gasteiger partial charge is 0.407 e. The number of nitrogens with one attached hydrogen (secondary N) is 1. The van der Waals surface area contributed by atoms with E-state index in [9.17, 15) is 4.79 Å². The lowest BCUT2D eigenvalue weighted by Crippen LogP contribution is -2.40. The normalized spacial score (nSPS) is 18.4. The molecule has 2 aliphatic rings. The van der Waals surface area contributed by atoms with E-state index < -0.39 is 6.09 Å². The molecule has 0 fully saturated rings. The van der Waals surface area contributed by atoms with Crippen LogP contribution in [0.1, 0.15) is 40.5 Å². The van der Waals surface area contributed by atoms with Crippen molar-refractivity contribution in [3.63, 3.8) is 0 Å². The number of hydrogen-bond donors (Lipinski definition) is 1. The topological polar surface area (TPSA) is 47.6 Å². The van der Waals surface area contributed by atoms with Crippen LogP contribution >= 0.6 is 11.3 Å². The Labute approximate surface area is 174 Å². The number of ether oxygens (including phenoxy) is 2. The summed E-state index contributed by atoms with van der Waals surface area (Å²) >= 11 is 1.76. The number of benzene rings is 2. The van der Waals surface area contributed by atoms with Crippen LogP contribution in [0.5, 0.6) is 0 Å². The number of alkyl carbamates (subject to hydrolysis) is 1. The molecule has 1 amide bonds. The molecule has 148 valence electrons. The van der Waals surface area contributed by atoms with Gasteiger partial charge in [0.15, 0.2) is 0 Å². The molecule has 0 radical (unpaired) electrons. The first-order valence-electron chi connectivity index (χ1n) is 10.0. The average molecular weight is 406 g/mol. The van der Waals surface area contributed by atoms with Gasteiger partial charge in [-0.2, -0.15) is 0 Å². The molecule has 1 unspecified atom stereocenters. The van der Waals surface area contributed by atoms with Crippen molar-refractivity contribution in [1.82, 2.24) is 5.32 Å². The van der Waals surface area contributed by atoms with E-state index >= 15 is 0 Å². The van der Waals surface area contributed by atoms with Crippen LogP contribution in [0.15, 0.2) is 60.0 Å². The molecule has 0 saturated carbocycles. The lowest BCUT2D eigenvalue weighted by atomic mass is 9.98. The Balaban J connectivity index is 1.26. The van der Waals surface area contributed by atoms with Gasteiger partial charge in [0.05, 0.1) is 12.6 Å². The summed E-state index contributed by atoms with van der Waals surface area (Å²) in [7, 11) is 0. The third-order valence-corrected chi connectivity index (χ3v) is 6.85. The molecule has 0 saturated heterocycles. The number of fused-ring (bicyclic) bond motifs is 4. The van der Waals surface area contributed by atoms with E-state index in [-0.39, 0.29) is 18.1 Å². The average Bonchev–Trinajstić information content (AvgIpc) is 3.35. The van der Waals surface area contributed by atoms with Gasteiger partial charge in [0, 0.05) is 17.2 Å². The van der Waals surface area contributed by atoms with Gasteiger partial charge in [0.25, 0.3) is 0 Å². The molecule has 1 N–H and O–H groups in total. The van der Waals surface area contributed by atoms with E-state index in [2.05, 4.69) is 53.2 Å². The predicted molar refractivity (Wildman–Crippen MR) is 114 cm³/mol. The molecule has 1 aromatic heterocycles. The third kappa shape index (κ3) is 3.34. The minimum absolute atomic E-state index is 0.0675. The highest BCUT2D eigenvalue weighted by Gasteiger charge is 2.31. The van der Waals surface area contributed by atoms with Crippen LogP contribution in [0.3, 0.4) is 0 Å². The lowest BCUT2D eigenvalue weighted by Gasteiger charge is -2.29. The van der Waals surface area contributed by atoms with E-state index in [4.69, 9.17) is 9.47 Å². The van der Waals surface area contributed by atoms with Crippen LogP contribution in [-0.2, 0) is 15.9 Å². The molecule has 5 heteroatoms. The third-order valence-electron chi connectivity index (χ3n) is 5.86. The molecule has 2 heterocycles. The molecule has 1 aliphatic carbocycles. The molecule has 2 aromatic carbocycles. The second kappa shape index (κ2) is 7.65. The summed E-state index contributed by atoms with van der Waals surface area (Å²) in [5.41, 5.74) is 6.07. The molecule has 0 bridgehead atoms. The SMILES string of the molecule is C[C@H](NC(=O)OCC1c2ccccc2-c2ccccc21)C1OCCc2sccc21. The Hall–Kier alpha value is -2.63. The van der Waals surface area contributed by atoms with Crippen LogP contribution in [0.2, 0.25) is 0 Å². The minimum Gasteiger partial charge on any atom is -0.449 e. The summed E-state index contributed by atoms with van der Waals surface area (Å²) in [5, 5.41) is 5.06. The highest BCUT2D eigenvalue weighted by Crippen LogP contribution is 2.44. The molecule has 0 spiro atoms. The second-order valence-electron chi connectivity index (χ2n) is 7.60. The first kappa shape index (κ1) is 18.4. The number of carbonyl (C=O) groups is 1. The van der Waals surface area contributed by atoms with Gasteiger partial charge in [0.2, 0.25) is 0 Å². The van der Waals surface area contributed by atoms with E-state index in [0.29, 0.717) is 13.2 Å². The maximum atomic E-state index is 12.5. The maximum Gasteiger partial charge on any atom is 0.407 e. The summed E-state index contributed by atoms with van der Waals surface area (Å²) in [6.45, 7) is 2.98. The largest absolute Gasteiger partial charge is 0.449 e. The van der Waals surface area contributed by atoms with Crippen molar-refractivity contribution < 1.29 is 14.3 Å². The first-order chi connectivity index (χ1) is 14.2. The Morgan fingerprint density at radius 1 is 1.10 bits per heavy atom. The number of hydrogen-bond acceptors (Lipinski definition) is 4. The van der Waals surface area contributed by atoms with Crippen molar-refractivity contribution in [2.45, 2.75) is 31.4 Å². The van der Waals surface area contributed by atoms with Gasteiger partial charge in [-0.25, -0.2) is 4.79 Å². The number of thiophene rings is 1.